The molecule has 0 amide bonds. The van der Waals surface area contributed by atoms with Gasteiger partial charge in [0.1, 0.15) is 6.20 Å². The number of hydrogen-bond acceptors (Lipinski definition) is 5. The number of nitro groups is 1. The summed E-state index contributed by atoms with van der Waals surface area (Å²) in [5.41, 5.74) is 0.0206. The van der Waals surface area contributed by atoms with Crippen molar-refractivity contribution in [2.75, 3.05) is 6.61 Å². The zero-order valence-corrected chi connectivity index (χ0v) is 9.40. The monoisotopic (exact) mass is 231 g/mol. The summed E-state index contributed by atoms with van der Waals surface area (Å²) in [5.74, 6) is 0. The molecule has 0 aliphatic heterocycles. The van der Waals surface area contributed by atoms with Crippen molar-refractivity contribution in [3.63, 3.8) is 0 Å². The molecular weight excluding hydrogens is 218 g/mol. The van der Waals surface area contributed by atoms with Crippen molar-refractivity contribution in [1.29, 1.82) is 0 Å². The molecular formula is C8H13N3O3S. The van der Waals surface area contributed by atoms with Crippen molar-refractivity contribution in [3.05, 3.63) is 16.3 Å². The Morgan fingerprint density at radius 2 is 2.47 bits per heavy atom. The van der Waals surface area contributed by atoms with E-state index in [0.717, 1.165) is 0 Å². The van der Waals surface area contributed by atoms with Crippen LogP contribution >= 0.6 is 11.8 Å². The molecule has 0 bridgehead atoms. The van der Waals surface area contributed by atoms with Crippen LogP contribution < -0.4 is 0 Å². The maximum Gasteiger partial charge on any atom is 0.320 e. The van der Waals surface area contributed by atoms with Crippen molar-refractivity contribution in [2.24, 2.45) is 7.05 Å². The molecule has 1 atom stereocenters. The lowest BCUT2D eigenvalue weighted by molar-refractivity contribution is -0.387. The van der Waals surface area contributed by atoms with Gasteiger partial charge in [-0.2, -0.15) is 5.10 Å². The number of rotatable bonds is 5. The molecule has 0 aromatic carbocycles. The average Bonchev–Trinajstić information content (AvgIpc) is 2.47. The molecule has 1 heterocycles. The Labute approximate surface area is 91.4 Å². The molecule has 0 fully saturated rings. The van der Waals surface area contributed by atoms with Crippen molar-refractivity contribution < 1.29 is 10.0 Å². The molecule has 0 radical (unpaired) electrons. The molecule has 84 valence electrons. The van der Waals surface area contributed by atoms with Crippen LogP contribution in [0.4, 0.5) is 5.69 Å². The molecule has 6 nitrogen and oxygen atoms in total. The first-order valence-corrected chi connectivity index (χ1v) is 5.38. The van der Waals surface area contributed by atoms with Gasteiger partial charge in [-0.15, -0.1) is 0 Å². The summed E-state index contributed by atoms with van der Waals surface area (Å²) >= 11 is 1.31. The van der Waals surface area contributed by atoms with Crippen molar-refractivity contribution >= 4 is 17.4 Å². The maximum absolute atomic E-state index is 10.7. The first-order valence-electron chi connectivity index (χ1n) is 4.50. The first kappa shape index (κ1) is 12.0. The Hall–Kier alpha value is -1.08. The summed E-state index contributed by atoms with van der Waals surface area (Å²) in [5, 5.41) is 23.9. The van der Waals surface area contributed by atoms with Crippen LogP contribution in [0.2, 0.25) is 0 Å². The SMILES string of the molecule is CC(CCO)Sc1nn(C)cc1[N+](=O)[O-]. The first-order chi connectivity index (χ1) is 7.04. The average molecular weight is 231 g/mol. The third kappa shape index (κ3) is 3.21. The summed E-state index contributed by atoms with van der Waals surface area (Å²) in [7, 11) is 1.65. The summed E-state index contributed by atoms with van der Waals surface area (Å²) in [6.45, 7) is 1.98. The highest BCUT2D eigenvalue weighted by Crippen LogP contribution is 2.31. The van der Waals surface area contributed by atoms with Gasteiger partial charge in [0.05, 0.1) is 4.92 Å². The molecule has 1 aromatic heterocycles. The summed E-state index contributed by atoms with van der Waals surface area (Å²) in [6.07, 6.45) is 1.98. The molecule has 0 saturated carbocycles. The Morgan fingerprint density at radius 3 is 3.00 bits per heavy atom. The van der Waals surface area contributed by atoms with E-state index in [1.165, 1.54) is 22.6 Å². The molecule has 1 rings (SSSR count). The molecule has 1 aromatic rings. The molecule has 7 heteroatoms. The second-order valence-corrected chi connectivity index (χ2v) is 4.62. The van der Waals surface area contributed by atoms with Gasteiger partial charge in [0.15, 0.2) is 5.03 Å². The van der Waals surface area contributed by atoms with E-state index in [1.807, 2.05) is 6.92 Å². The minimum Gasteiger partial charge on any atom is -0.396 e. The van der Waals surface area contributed by atoms with E-state index < -0.39 is 4.92 Å². The molecule has 0 spiro atoms. The molecule has 0 aliphatic carbocycles. The highest BCUT2D eigenvalue weighted by atomic mass is 32.2. The van der Waals surface area contributed by atoms with Crippen molar-refractivity contribution in [2.45, 2.75) is 23.6 Å². The van der Waals surface area contributed by atoms with Gasteiger partial charge in [-0.1, -0.05) is 18.7 Å². The Kier molecular flexibility index (Phi) is 4.10. The second kappa shape index (κ2) is 5.13. The minimum atomic E-state index is -0.443. The Balaban J connectivity index is 2.79. The second-order valence-electron chi connectivity index (χ2n) is 3.19. The fourth-order valence-corrected chi connectivity index (χ4v) is 2.12. The van der Waals surface area contributed by atoms with Crippen LogP contribution in [0, 0.1) is 10.1 Å². The van der Waals surface area contributed by atoms with Crippen LogP contribution in [-0.2, 0) is 7.05 Å². The largest absolute Gasteiger partial charge is 0.396 e. The van der Waals surface area contributed by atoms with Gasteiger partial charge >= 0.3 is 5.69 Å². The fraction of sp³-hybridized carbons (Fsp3) is 0.625. The van der Waals surface area contributed by atoms with Gasteiger partial charge in [-0.3, -0.25) is 14.8 Å². The number of aliphatic hydroxyl groups is 1. The molecule has 1 unspecified atom stereocenters. The number of aryl methyl sites for hydroxylation is 1. The third-order valence-corrected chi connectivity index (χ3v) is 2.97. The zero-order chi connectivity index (χ0) is 11.4. The smallest absolute Gasteiger partial charge is 0.320 e. The van der Waals surface area contributed by atoms with E-state index in [2.05, 4.69) is 5.10 Å². The van der Waals surface area contributed by atoms with Gasteiger partial charge in [-0.25, -0.2) is 0 Å². The lowest BCUT2D eigenvalue weighted by Crippen LogP contribution is -2.00. The molecule has 0 aliphatic rings. The standard InChI is InChI=1S/C8H13N3O3S/c1-6(3-4-12)15-8-7(11(13)14)5-10(2)9-8/h5-6,12H,3-4H2,1-2H3. The van der Waals surface area contributed by atoms with Crippen LogP contribution in [0.15, 0.2) is 11.2 Å². The number of aromatic nitrogens is 2. The normalized spacial score (nSPS) is 12.7. The van der Waals surface area contributed by atoms with E-state index in [1.54, 1.807) is 7.05 Å². The van der Waals surface area contributed by atoms with E-state index in [4.69, 9.17) is 5.11 Å². The van der Waals surface area contributed by atoms with E-state index in [-0.39, 0.29) is 17.5 Å². The lowest BCUT2D eigenvalue weighted by atomic mass is 10.3. The van der Waals surface area contributed by atoms with Gasteiger partial charge in [0, 0.05) is 18.9 Å². The predicted octanol–water partition coefficient (Wildman–Crippen LogP) is 1.19. The van der Waals surface area contributed by atoms with Crippen LogP contribution in [0.25, 0.3) is 0 Å². The van der Waals surface area contributed by atoms with E-state index in [9.17, 15) is 10.1 Å². The topological polar surface area (TPSA) is 81.2 Å². The fourth-order valence-electron chi connectivity index (χ4n) is 1.10. The lowest BCUT2D eigenvalue weighted by Gasteiger charge is -2.05. The van der Waals surface area contributed by atoms with Gasteiger partial charge in [0.25, 0.3) is 0 Å². The van der Waals surface area contributed by atoms with Crippen LogP contribution in [0.3, 0.4) is 0 Å². The predicted molar refractivity (Wildman–Crippen MR) is 56.9 cm³/mol. The summed E-state index contributed by atoms with van der Waals surface area (Å²) < 4.78 is 1.42. The van der Waals surface area contributed by atoms with Crippen LogP contribution in [0.5, 0.6) is 0 Å². The number of nitrogens with zero attached hydrogens (tertiary/aromatic N) is 3. The van der Waals surface area contributed by atoms with Crippen molar-refractivity contribution in [3.8, 4) is 0 Å². The van der Waals surface area contributed by atoms with Gasteiger partial charge < -0.3 is 5.11 Å². The molecule has 0 saturated heterocycles. The Bertz CT molecular complexity index is 353. The van der Waals surface area contributed by atoms with E-state index in [0.29, 0.717) is 11.4 Å². The number of aliphatic hydroxyl groups excluding tert-OH is 1. The quantitative estimate of drug-likeness (QED) is 0.467. The molecule has 1 N–H and O–H groups in total. The zero-order valence-electron chi connectivity index (χ0n) is 8.58. The maximum atomic E-state index is 10.7. The number of thioether (sulfide) groups is 1. The van der Waals surface area contributed by atoms with Crippen LogP contribution in [-0.4, -0.2) is 31.7 Å². The van der Waals surface area contributed by atoms with Gasteiger partial charge in [0.2, 0.25) is 0 Å². The molecule has 15 heavy (non-hydrogen) atoms. The highest BCUT2D eigenvalue weighted by Gasteiger charge is 2.20. The third-order valence-electron chi connectivity index (χ3n) is 1.82. The van der Waals surface area contributed by atoms with Crippen LogP contribution in [0.1, 0.15) is 13.3 Å². The highest BCUT2D eigenvalue weighted by molar-refractivity contribution is 8.00. The minimum absolute atomic E-state index is 0.0206. The van der Waals surface area contributed by atoms with Crippen molar-refractivity contribution in [1.82, 2.24) is 9.78 Å². The van der Waals surface area contributed by atoms with Gasteiger partial charge in [-0.05, 0) is 6.42 Å². The summed E-state index contributed by atoms with van der Waals surface area (Å²) in [4.78, 5) is 10.2. The number of hydrogen-bond donors (Lipinski definition) is 1. The Morgan fingerprint density at radius 1 is 1.80 bits per heavy atom. The summed E-state index contributed by atoms with van der Waals surface area (Å²) in [6, 6.07) is 0. The van der Waals surface area contributed by atoms with E-state index >= 15 is 0 Å².